The van der Waals surface area contributed by atoms with Gasteiger partial charge in [0, 0.05) is 0 Å². The molecular weight excluding hydrogens is 292 g/mol. The summed E-state index contributed by atoms with van der Waals surface area (Å²) in [5, 5.41) is 2.60. The molecule has 0 bridgehead atoms. The molecule has 0 spiro atoms. The molecule has 120 valence electrons. The molecule has 0 aliphatic carbocycles. The Morgan fingerprint density at radius 3 is 2.43 bits per heavy atom. The van der Waals surface area contributed by atoms with E-state index in [-0.39, 0.29) is 6.61 Å². The van der Waals surface area contributed by atoms with E-state index in [4.69, 9.17) is 10.5 Å². The molecule has 5 heteroatoms. The van der Waals surface area contributed by atoms with Crippen molar-refractivity contribution in [2.75, 3.05) is 6.61 Å². The van der Waals surface area contributed by atoms with Crippen molar-refractivity contribution in [3.05, 3.63) is 65.2 Å². The van der Waals surface area contributed by atoms with Gasteiger partial charge in [-0.3, -0.25) is 9.59 Å². The molecule has 0 aliphatic rings. The fourth-order valence-corrected chi connectivity index (χ4v) is 2.19. The summed E-state index contributed by atoms with van der Waals surface area (Å²) in [6, 6.07) is 13.6. The highest BCUT2D eigenvalue weighted by molar-refractivity contribution is 5.88. The van der Waals surface area contributed by atoms with Gasteiger partial charge in [-0.2, -0.15) is 0 Å². The second-order valence-corrected chi connectivity index (χ2v) is 5.30. The van der Waals surface area contributed by atoms with Crippen molar-refractivity contribution >= 4 is 11.8 Å². The fourth-order valence-electron chi connectivity index (χ4n) is 2.19. The van der Waals surface area contributed by atoms with Crippen LogP contribution in [0.2, 0.25) is 0 Å². The summed E-state index contributed by atoms with van der Waals surface area (Å²) in [7, 11) is 0. The van der Waals surface area contributed by atoms with E-state index >= 15 is 0 Å². The smallest absolute Gasteiger partial charge is 0.258 e. The van der Waals surface area contributed by atoms with Gasteiger partial charge in [0.15, 0.2) is 6.61 Å². The zero-order valence-corrected chi connectivity index (χ0v) is 13.2. The zero-order valence-electron chi connectivity index (χ0n) is 13.2. The summed E-state index contributed by atoms with van der Waals surface area (Å²) in [5.74, 6) is -0.370. The molecule has 0 aliphatic heterocycles. The highest BCUT2D eigenvalue weighted by Crippen LogP contribution is 2.20. The van der Waals surface area contributed by atoms with Crippen LogP contribution in [0.25, 0.3) is 0 Å². The van der Waals surface area contributed by atoms with E-state index in [1.54, 1.807) is 30.3 Å². The summed E-state index contributed by atoms with van der Waals surface area (Å²) in [5.41, 5.74) is 8.08. The monoisotopic (exact) mass is 312 g/mol. The number of nitrogens with two attached hydrogens (primary N) is 1. The molecule has 1 atom stereocenters. The fraction of sp³-hybridized carbons (Fsp3) is 0.222. The number of primary amides is 1. The summed E-state index contributed by atoms with van der Waals surface area (Å²) in [4.78, 5) is 23.6. The van der Waals surface area contributed by atoms with Crippen LogP contribution in [-0.4, -0.2) is 18.4 Å². The van der Waals surface area contributed by atoms with Crippen molar-refractivity contribution in [3.8, 4) is 5.75 Å². The van der Waals surface area contributed by atoms with Gasteiger partial charge in [-0.05, 0) is 36.6 Å². The van der Waals surface area contributed by atoms with Gasteiger partial charge in [-0.25, -0.2) is 0 Å². The van der Waals surface area contributed by atoms with E-state index in [9.17, 15) is 9.59 Å². The van der Waals surface area contributed by atoms with Gasteiger partial charge in [-0.15, -0.1) is 0 Å². The number of nitrogens with one attached hydrogen (secondary N) is 1. The van der Waals surface area contributed by atoms with Crippen molar-refractivity contribution < 1.29 is 14.3 Å². The SMILES string of the molecule is Cc1cccc(OCC(=O)NC(C(N)=O)c2ccccc2)c1C. The lowest BCUT2D eigenvalue weighted by atomic mass is 10.1. The van der Waals surface area contributed by atoms with Gasteiger partial charge in [0.05, 0.1) is 0 Å². The third-order valence-electron chi connectivity index (χ3n) is 3.64. The molecule has 3 N–H and O–H groups in total. The first-order chi connectivity index (χ1) is 11.0. The quantitative estimate of drug-likeness (QED) is 0.856. The van der Waals surface area contributed by atoms with E-state index in [1.807, 2.05) is 32.0 Å². The second kappa shape index (κ2) is 7.45. The zero-order chi connectivity index (χ0) is 16.8. The summed E-state index contributed by atoms with van der Waals surface area (Å²) in [6.45, 7) is 3.72. The molecule has 0 saturated heterocycles. The molecule has 2 aromatic carbocycles. The minimum absolute atomic E-state index is 0.180. The van der Waals surface area contributed by atoms with E-state index in [0.29, 0.717) is 11.3 Å². The van der Waals surface area contributed by atoms with E-state index in [0.717, 1.165) is 11.1 Å². The Hall–Kier alpha value is -2.82. The Bertz CT molecular complexity index is 699. The lowest BCUT2D eigenvalue weighted by molar-refractivity contribution is -0.128. The molecule has 0 heterocycles. The van der Waals surface area contributed by atoms with Crippen molar-refractivity contribution in [1.29, 1.82) is 0 Å². The molecule has 0 saturated carbocycles. The number of hydrogen-bond donors (Lipinski definition) is 2. The van der Waals surface area contributed by atoms with Gasteiger partial charge in [0.25, 0.3) is 5.91 Å². The minimum Gasteiger partial charge on any atom is -0.483 e. The Morgan fingerprint density at radius 2 is 1.78 bits per heavy atom. The maximum Gasteiger partial charge on any atom is 0.258 e. The predicted octanol–water partition coefficient (Wildman–Crippen LogP) is 2.03. The molecule has 2 aromatic rings. The molecule has 2 amide bonds. The molecule has 5 nitrogen and oxygen atoms in total. The summed E-state index contributed by atoms with van der Waals surface area (Å²) < 4.78 is 5.53. The largest absolute Gasteiger partial charge is 0.483 e. The van der Waals surface area contributed by atoms with Crippen molar-refractivity contribution in [3.63, 3.8) is 0 Å². The minimum atomic E-state index is -0.870. The first-order valence-corrected chi connectivity index (χ1v) is 7.31. The van der Waals surface area contributed by atoms with Gasteiger partial charge in [0.2, 0.25) is 5.91 Å². The van der Waals surface area contributed by atoms with Crippen LogP contribution in [0.1, 0.15) is 22.7 Å². The van der Waals surface area contributed by atoms with Crippen molar-refractivity contribution in [1.82, 2.24) is 5.32 Å². The highest BCUT2D eigenvalue weighted by atomic mass is 16.5. The second-order valence-electron chi connectivity index (χ2n) is 5.30. The Morgan fingerprint density at radius 1 is 1.09 bits per heavy atom. The molecule has 0 radical (unpaired) electrons. The van der Waals surface area contributed by atoms with Crippen LogP contribution in [-0.2, 0) is 9.59 Å². The number of benzene rings is 2. The van der Waals surface area contributed by atoms with Crippen LogP contribution < -0.4 is 15.8 Å². The van der Waals surface area contributed by atoms with Crippen molar-refractivity contribution in [2.45, 2.75) is 19.9 Å². The standard InChI is InChI=1S/C18H20N2O3/c1-12-7-6-10-15(13(12)2)23-11-16(21)20-17(18(19)22)14-8-4-3-5-9-14/h3-10,17H,11H2,1-2H3,(H2,19,22)(H,20,21). The number of aryl methyl sites for hydroxylation is 1. The van der Waals surface area contributed by atoms with E-state index in [1.165, 1.54) is 0 Å². The lowest BCUT2D eigenvalue weighted by Gasteiger charge is -2.16. The average molecular weight is 312 g/mol. The van der Waals surface area contributed by atoms with E-state index in [2.05, 4.69) is 5.32 Å². The number of amides is 2. The maximum atomic E-state index is 12.1. The third-order valence-corrected chi connectivity index (χ3v) is 3.64. The molecule has 0 aromatic heterocycles. The van der Waals surface area contributed by atoms with Gasteiger partial charge < -0.3 is 15.8 Å². The Labute approximate surface area is 135 Å². The first-order valence-electron chi connectivity index (χ1n) is 7.31. The maximum absolute atomic E-state index is 12.1. The van der Waals surface area contributed by atoms with Crippen molar-refractivity contribution in [2.24, 2.45) is 5.73 Å². The number of hydrogen-bond acceptors (Lipinski definition) is 3. The first kappa shape index (κ1) is 16.5. The molecule has 2 rings (SSSR count). The number of rotatable bonds is 6. The lowest BCUT2D eigenvalue weighted by Crippen LogP contribution is -2.39. The van der Waals surface area contributed by atoms with Crippen LogP contribution in [0.4, 0.5) is 0 Å². The Kier molecular flexibility index (Phi) is 5.36. The summed E-state index contributed by atoms with van der Waals surface area (Å²) >= 11 is 0. The topological polar surface area (TPSA) is 81.4 Å². The van der Waals surface area contributed by atoms with Gasteiger partial charge >= 0.3 is 0 Å². The summed E-state index contributed by atoms with van der Waals surface area (Å²) in [6.07, 6.45) is 0. The number of carbonyl (C=O) groups is 2. The van der Waals surface area contributed by atoms with Crippen LogP contribution in [0, 0.1) is 13.8 Å². The van der Waals surface area contributed by atoms with E-state index < -0.39 is 17.9 Å². The molecule has 23 heavy (non-hydrogen) atoms. The number of carbonyl (C=O) groups excluding carboxylic acids is 2. The highest BCUT2D eigenvalue weighted by Gasteiger charge is 2.20. The average Bonchev–Trinajstić information content (AvgIpc) is 2.54. The number of ether oxygens (including phenoxy) is 1. The Balaban J connectivity index is 2.00. The van der Waals surface area contributed by atoms with Gasteiger partial charge in [0.1, 0.15) is 11.8 Å². The van der Waals surface area contributed by atoms with Crippen LogP contribution in [0.15, 0.2) is 48.5 Å². The van der Waals surface area contributed by atoms with Gasteiger partial charge in [-0.1, -0.05) is 42.5 Å². The van der Waals surface area contributed by atoms with Crippen LogP contribution in [0.5, 0.6) is 5.75 Å². The molecular formula is C18H20N2O3. The van der Waals surface area contributed by atoms with Crippen LogP contribution in [0.3, 0.4) is 0 Å². The van der Waals surface area contributed by atoms with Crippen LogP contribution >= 0.6 is 0 Å². The molecule has 1 unspecified atom stereocenters. The normalized spacial score (nSPS) is 11.6. The third kappa shape index (κ3) is 4.32. The predicted molar refractivity (Wildman–Crippen MR) is 87.9 cm³/mol. The molecule has 0 fully saturated rings.